The molecule has 1 aromatic heterocycles. The van der Waals surface area contributed by atoms with Crippen molar-refractivity contribution in [3.05, 3.63) is 60.3 Å². The van der Waals surface area contributed by atoms with Gasteiger partial charge in [0, 0.05) is 43.4 Å². The number of rotatable bonds is 4. The van der Waals surface area contributed by atoms with Gasteiger partial charge < -0.3 is 19.5 Å². The molecule has 134 valence electrons. The number of carbonyl (C=O) groups is 1. The Balaban J connectivity index is 1.42. The van der Waals surface area contributed by atoms with Crippen molar-refractivity contribution in [3.63, 3.8) is 0 Å². The maximum Gasteiger partial charge on any atom is 0.227 e. The number of H-pyrrole nitrogens is 1. The van der Waals surface area contributed by atoms with Crippen LogP contribution < -0.4 is 9.64 Å². The maximum atomic E-state index is 12.8. The lowest BCUT2D eigenvalue weighted by molar-refractivity contribution is -0.130. The molecule has 4 rings (SSSR count). The van der Waals surface area contributed by atoms with E-state index in [1.165, 1.54) is 5.69 Å². The topological polar surface area (TPSA) is 48.6 Å². The number of piperazine rings is 1. The maximum absolute atomic E-state index is 12.8. The molecule has 0 bridgehead atoms. The van der Waals surface area contributed by atoms with Gasteiger partial charge in [0.25, 0.3) is 0 Å². The van der Waals surface area contributed by atoms with Gasteiger partial charge in [-0.05, 0) is 23.8 Å². The standard InChI is InChI=1S/C21H23N3O2/c1-26-19-9-5-8-18-16(15-22-21(18)19)14-20(25)24-12-10-23(11-13-24)17-6-3-2-4-7-17/h2-9,15,22H,10-14H2,1H3. The van der Waals surface area contributed by atoms with E-state index in [2.05, 4.69) is 34.1 Å². The number of aromatic nitrogens is 1. The number of carbonyl (C=O) groups excluding carboxylic acids is 1. The third-order valence-electron chi connectivity index (χ3n) is 5.08. The third-order valence-corrected chi connectivity index (χ3v) is 5.08. The van der Waals surface area contributed by atoms with Gasteiger partial charge >= 0.3 is 0 Å². The second-order valence-corrected chi connectivity index (χ2v) is 6.58. The van der Waals surface area contributed by atoms with Crippen LogP contribution in [0.1, 0.15) is 5.56 Å². The van der Waals surface area contributed by atoms with Crippen LogP contribution in [0.25, 0.3) is 10.9 Å². The molecule has 1 aliphatic rings. The minimum absolute atomic E-state index is 0.182. The van der Waals surface area contributed by atoms with Crippen molar-refractivity contribution in [3.8, 4) is 5.75 Å². The number of methoxy groups -OCH3 is 1. The zero-order valence-electron chi connectivity index (χ0n) is 14.9. The first-order valence-electron chi connectivity index (χ1n) is 8.97. The number of aromatic amines is 1. The van der Waals surface area contributed by atoms with Gasteiger partial charge in [-0.15, -0.1) is 0 Å². The highest BCUT2D eigenvalue weighted by Gasteiger charge is 2.22. The molecule has 0 spiro atoms. The number of ether oxygens (including phenoxy) is 1. The highest BCUT2D eigenvalue weighted by molar-refractivity contribution is 5.92. The minimum Gasteiger partial charge on any atom is -0.495 e. The third kappa shape index (κ3) is 3.12. The van der Waals surface area contributed by atoms with Crippen LogP contribution in [-0.2, 0) is 11.2 Å². The highest BCUT2D eigenvalue weighted by Crippen LogP contribution is 2.27. The fourth-order valence-corrected chi connectivity index (χ4v) is 3.63. The summed E-state index contributed by atoms with van der Waals surface area (Å²) in [5.74, 6) is 0.985. The Morgan fingerprint density at radius 1 is 1.04 bits per heavy atom. The van der Waals surface area contributed by atoms with Crippen molar-refractivity contribution in [2.75, 3.05) is 38.2 Å². The van der Waals surface area contributed by atoms with E-state index in [1.54, 1.807) is 7.11 Å². The van der Waals surface area contributed by atoms with Gasteiger partial charge in [0.05, 0.1) is 19.0 Å². The Labute approximate surface area is 153 Å². The molecule has 5 nitrogen and oxygen atoms in total. The molecule has 0 unspecified atom stereocenters. The van der Waals surface area contributed by atoms with Gasteiger partial charge in [-0.25, -0.2) is 0 Å². The summed E-state index contributed by atoms with van der Waals surface area (Å²) in [6.45, 7) is 3.27. The van der Waals surface area contributed by atoms with Gasteiger partial charge in [0.15, 0.2) is 0 Å². The van der Waals surface area contributed by atoms with Crippen LogP contribution in [0.3, 0.4) is 0 Å². The van der Waals surface area contributed by atoms with Gasteiger partial charge in [0.2, 0.25) is 5.91 Å². The molecular weight excluding hydrogens is 326 g/mol. The molecule has 2 heterocycles. The normalized spacial score (nSPS) is 14.7. The second-order valence-electron chi connectivity index (χ2n) is 6.58. The number of anilines is 1. The Morgan fingerprint density at radius 3 is 2.54 bits per heavy atom. The van der Waals surface area contributed by atoms with Gasteiger partial charge in [-0.3, -0.25) is 4.79 Å². The minimum atomic E-state index is 0.182. The number of hydrogen-bond donors (Lipinski definition) is 1. The molecule has 2 aromatic carbocycles. The van der Waals surface area contributed by atoms with E-state index in [0.29, 0.717) is 6.42 Å². The van der Waals surface area contributed by atoms with Crippen LogP contribution in [0.4, 0.5) is 5.69 Å². The number of fused-ring (bicyclic) bond motifs is 1. The Kier molecular flexibility index (Phi) is 4.52. The van der Waals surface area contributed by atoms with E-state index in [0.717, 1.165) is 48.4 Å². The van der Waals surface area contributed by atoms with Crippen molar-refractivity contribution in [2.24, 2.45) is 0 Å². The highest BCUT2D eigenvalue weighted by atomic mass is 16.5. The molecule has 1 aliphatic heterocycles. The van der Waals surface area contributed by atoms with Crippen LogP contribution in [0, 0.1) is 0 Å². The van der Waals surface area contributed by atoms with Crippen molar-refractivity contribution in [1.29, 1.82) is 0 Å². The van der Waals surface area contributed by atoms with Gasteiger partial charge in [0.1, 0.15) is 5.75 Å². The number of hydrogen-bond acceptors (Lipinski definition) is 3. The van der Waals surface area contributed by atoms with Gasteiger partial charge in [-0.2, -0.15) is 0 Å². The van der Waals surface area contributed by atoms with Crippen LogP contribution >= 0.6 is 0 Å². The quantitative estimate of drug-likeness (QED) is 0.787. The number of para-hydroxylation sites is 2. The average molecular weight is 349 g/mol. The summed E-state index contributed by atoms with van der Waals surface area (Å²) in [6.07, 6.45) is 2.34. The lowest BCUT2D eigenvalue weighted by atomic mass is 10.1. The molecule has 1 N–H and O–H groups in total. The predicted octanol–water partition coefficient (Wildman–Crippen LogP) is 3.07. The molecule has 3 aromatic rings. The fourth-order valence-electron chi connectivity index (χ4n) is 3.63. The molecule has 1 amide bonds. The lowest BCUT2D eigenvalue weighted by Crippen LogP contribution is -2.49. The van der Waals surface area contributed by atoms with Crippen LogP contribution in [-0.4, -0.2) is 49.1 Å². The molecule has 5 heteroatoms. The molecule has 26 heavy (non-hydrogen) atoms. The van der Waals surface area contributed by atoms with E-state index in [-0.39, 0.29) is 5.91 Å². The number of amides is 1. The number of nitrogens with zero attached hydrogens (tertiary/aromatic N) is 2. The SMILES string of the molecule is COc1cccc2c(CC(=O)N3CCN(c4ccccc4)CC3)c[nH]c12. The van der Waals surface area contributed by atoms with Crippen molar-refractivity contribution >= 4 is 22.5 Å². The fraction of sp³-hybridized carbons (Fsp3) is 0.286. The molecule has 0 atom stereocenters. The molecule has 0 saturated carbocycles. The first-order valence-corrected chi connectivity index (χ1v) is 8.97. The zero-order valence-corrected chi connectivity index (χ0v) is 14.9. The second kappa shape index (κ2) is 7.12. The van der Waals surface area contributed by atoms with Crippen molar-refractivity contribution in [2.45, 2.75) is 6.42 Å². The smallest absolute Gasteiger partial charge is 0.227 e. The first kappa shape index (κ1) is 16.5. The largest absolute Gasteiger partial charge is 0.495 e. The summed E-state index contributed by atoms with van der Waals surface area (Å²) in [5, 5.41) is 1.06. The Hall–Kier alpha value is -2.95. The van der Waals surface area contributed by atoms with E-state index in [4.69, 9.17) is 4.74 Å². The average Bonchev–Trinajstić information content (AvgIpc) is 3.11. The molecule has 0 aliphatic carbocycles. The van der Waals surface area contributed by atoms with Crippen LogP contribution in [0.15, 0.2) is 54.7 Å². The summed E-state index contributed by atoms with van der Waals surface area (Å²) >= 11 is 0. The molecule has 0 radical (unpaired) electrons. The molecule has 1 fully saturated rings. The summed E-state index contributed by atoms with van der Waals surface area (Å²) in [5.41, 5.74) is 3.20. The Morgan fingerprint density at radius 2 is 1.81 bits per heavy atom. The number of benzene rings is 2. The van der Waals surface area contributed by atoms with E-state index >= 15 is 0 Å². The summed E-state index contributed by atoms with van der Waals surface area (Å²) in [4.78, 5) is 20.3. The first-order chi connectivity index (χ1) is 12.8. The summed E-state index contributed by atoms with van der Waals surface area (Å²) in [7, 11) is 1.66. The van der Waals surface area contributed by atoms with Gasteiger partial charge in [-0.1, -0.05) is 30.3 Å². The zero-order chi connectivity index (χ0) is 17.9. The van der Waals surface area contributed by atoms with E-state index in [1.807, 2.05) is 35.4 Å². The Bertz CT molecular complexity index is 896. The van der Waals surface area contributed by atoms with Crippen LogP contribution in [0.2, 0.25) is 0 Å². The predicted molar refractivity (Wildman–Crippen MR) is 104 cm³/mol. The number of nitrogens with one attached hydrogen (secondary N) is 1. The summed E-state index contributed by atoms with van der Waals surface area (Å²) in [6, 6.07) is 16.3. The van der Waals surface area contributed by atoms with E-state index < -0.39 is 0 Å². The van der Waals surface area contributed by atoms with E-state index in [9.17, 15) is 4.79 Å². The van der Waals surface area contributed by atoms with Crippen LogP contribution in [0.5, 0.6) is 5.75 Å². The van der Waals surface area contributed by atoms with Crippen molar-refractivity contribution < 1.29 is 9.53 Å². The summed E-state index contributed by atoms with van der Waals surface area (Å²) < 4.78 is 5.38. The molecular formula is C21H23N3O2. The molecule has 1 saturated heterocycles. The lowest BCUT2D eigenvalue weighted by Gasteiger charge is -2.36. The van der Waals surface area contributed by atoms with Crippen molar-refractivity contribution in [1.82, 2.24) is 9.88 Å². The monoisotopic (exact) mass is 349 g/mol.